The molecule has 29 heavy (non-hydrogen) atoms. The zero-order valence-corrected chi connectivity index (χ0v) is 17.7. The molecule has 0 N–H and O–H groups in total. The highest BCUT2D eigenvalue weighted by atomic mass is 32.2. The molecule has 0 aromatic heterocycles. The monoisotopic (exact) mass is 434 g/mol. The minimum atomic E-state index is -3.71. The molecule has 1 fully saturated rings. The number of nitrogens with zero attached hydrogens (tertiary/aromatic N) is 2. The van der Waals surface area contributed by atoms with Crippen molar-refractivity contribution < 1.29 is 22.7 Å². The van der Waals surface area contributed by atoms with E-state index in [0.29, 0.717) is 38.6 Å². The number of ether oxygens (including phenoxy) is 2. The third kappa shape index (κ3) is 3.87. The van der Waals surface area contributed by atoms with E-state index in [0.717, 1.165) is 16.3 Å². The lowest BCUT2D eigenvalue weighted by molar-refractivity contribution is 0.0730. The van der Waals surface area contributed by atoms with Crippen molar-refractivity contribution in [3.63, 3.8) is 0 Å². The van der Waals surface area contributed by atoms with Gasteiger partial charge in [0.25, 0.3) is 5.91 Å². The molecular weight excluding hydrogens is 412 g/mol. The van der Waals surface area contributed by atoms with Gasteiger partial charge >= 0.3 is 0 Å². The van der Waals surface area contributed by atoms with Crippen LogP contribution in [0, 0.1) is 0 Å². The quantitative estimate of drug-likeness (QED) is 0.736. The van der Waals surface area contributed by atoms with Crippen LogP contribution in [0.15, 0.2) is 52.3 Å². The smallest absolute Gasteiger partial charge is 0.262 e. The summed E-state index contributed by atoms with van der Waals surface area (Å²) in [5.74, 6) is 0.858. The van der Waals surface area contributed by atoms with Gasteiger partial charge in [-0.25, -0.2) is 8.42 Å². The van der Waals surface area contributed by atoms with Crippen molar-refractivity contribution in [2.45, 2.75) is 9.79 Å². The van der Waals surface area contributed by atoms with Crippen LogP contribution in [-0.4, -0.2) is 64.3 Å². The lowest BCUT2D eigenvalue weighted by Crippen LogP contribution is -2.40. The van der Waals surface area contributed by atoms with Crippen LogP contribution >= 0.6 is 11.8 Å². The molecule has 2 aromatic rings. The first kappa shape index (κ1) is 20.2. The standard InChI is InChI=1S/C20H22N2O5S2/c1-26-18-7-6-15(29(24,25)21-8-11-27-12-9-21)14-16(18)20(23)22-10-13-28-19-5-3-2-4-17(19)22/h2-7,14H,8-13H2,1H3. The number of morpholine rings is 1. The molecule has 2 aliphatic rings. The van der Waals surface area contributed by atoms with Gasteiger partial charge in [-0.15, -0.1) is 11.8 Å². The highest BCUT2D eigenvalue weighted by molar-refractivity contribution is 7.99. The Morgan fingerprint density at radius 3 is 2.62 bits per heavy atom. The van der Waals surface area contributed by atoms with Gasteiger partial charge in [0.05, 0.1) is 36.5 Å². The Kier molecular flexibility index (Phi) is 5.82. The number of benzene rings is 2. The maximum absolute atomic E-state index is 13.4. The summed E-state index contributed by atoms with van der Waals surface area (Å²) in [7, 11) is -2.24. The SMILES string of the molecule is COc1ccc(S(=O)(=O)N2CCOCC2)cc1C(=O)N1CCSc2ccccc21. The Hall–Kier alpha value is -2.07. The van der Waals surface area contributed by atoms with E-state index in [4.69, 9.17) is 9.47 Å². The normalized spacial score (nSPS) is 17.6. The maximum Gasteiger partial charge on any atom is 0.262 e. The summed E-state index contributed by atoms with van der Waals surface area (Å²) in [4.78, 5) is 16.2. The molecule has 0 bridgehead atoms. The van der Waals surface area contributed by atoms with Crippen molar-refractivity contribution in [1.82, 2.24) is 4.31 Å². The van der Waals surface area contributed by atoms with E-state index in [1.807, 2.05) is 24.3 Å². The number of methoxy groups -OCH3 is 1. The molecule has 4 rings (SSSR count). The van der Waals surface area contributed by atoms with Crippen LogP contribution in [-0.2, 0) is 14.8 Å². The molecule has 2 heterocycles. The van der Waals surface area contributed by atoms with Gasteiger partial charge in [-0.1, -0.05) is 12.1 Å². The number of carbonyl (C=O) groups is 1. The molecule has 0 atom stereocenters. The third-order valence-electron chi connectivity index (χ3n) is 4.98. The maximum atomic E-state index is 13.4. The summed E-state index contributed by atoms with van der Waals surface area (Å²) in [6, 6.07) is 12.2. The fraction of sp³-hybridized carbons (Fsp3) is 0.350. The first-order valence-corrected chi connectivity index (χ1v) is 11.7. The van der Waals surface area contributed by atoms with E-state index in [1.54, 1.807) is 22.7 Å². The third-order valence-corrected chi connectivity index (χ3v) is 7.92. The van der Waals surface area contributed by atoms with Crippen molar-refractivity contribution in [3.8, 4) is 5.75 Å². The van der Waals surface area contributed by atoms with Gasteiger partial charge in [0.15, 0.2) is 0 Å². The van der Waals surface area contributed by atoms with Crippen molar-refractivity contribution in [3.05, 3.63) is 48.0 Å². The van der Waals surface area contributed by atoms with Crippen LogP contribution in [0.4, 0.5) is 5.69 Å². The van der Waals surface area contributed by atoms with E-state index >= 15 is 0 Å². The first-order valence-electron chi connectivity index (χ1n) is 9.32. The molecule has 1 saturated heterocycles. The van der Waals surface area contributed by atoms with Crippen molar-refractivity contribution in [1.29, 1.82) is 0 Å². The molecule has 7 nitrogen and oxygen atoms in total. The zero-order valence-electron chi connectivity index (χ0n) is 16.0. The Morgan fingerprint density at radius 1 is 1.10 bits per heavy atom. The van der Waals surface area contributed by atoms with Gasteiger partial charge in [0.1, 0.15) is 5.75 Å². The number of carbonyl (C=O) groups excluding carboxylic acids is 1. The highest BCUT2D eigenvalue weighted by Crippen LogP contribution is 2.36. The molecule has 2 aromatic carbocycles. The molecule has 2 aliphatic heterocycles. The highest BCUT2D eigenvalue weighted by Gasteiger charge is 2.30. The topological polar surface area (TPSA) is 76.1 Å². The van der Waals surface area contributed by atoms with Gasteiger partial charge in [-0.05, 0) is 30.3 Å². The number of thioether (sulfide) groups is 1. The van der Waals surface area contributed by atoms with Crippen LogP contribution in [0.5, 0.6) is 5.75 Å². The average Bonchev–Trinajstić information content (AvgIpc) is 2.78. The van der Waals surface area contributed by atoms with E-state index in [9.17, 15) is 13.2 Å². The number of sulfonamides is 1. The second-order valence-electron chi connectivity index (χ2n) is 6.65. The number of para-hydroxylation sites is 1. The second kappa shape index (κ2) is 8.35. The molecule has 0 aliphatic carbocycles. The lowest BCUT2D eigenvalue weighted by atomic mass is 10.1. The molecule has 0 spiro atoms. The molecule has 0 radical (unpaired) electrons. The summed E-state index contributed by atoms with van der Waals surface area (Å²) in [5, 5.41) is 0. The number of anilines is 1. The summed E-state index contributed by atoms with van der Waals surface area (Å²) < 4.78 is 38.1. The second-order valence-corrected chi connectivity index (χ2v) is 9.73. The summed E-state index contributed by atoms with van der Waals surface area (Å²) in [5.41, 5.74) is 1.07. The van der Waals surface area contributed by atoms with Crippen molar-refractivity contribution in [2.75, 3.05) is 50.6 Å². The molecule has 154 valence electrons. The fourth-order valence-corrected chi connectivity index (χ4v) is 5.91. The Bertz CT molecular complexity index is 1020. The van der Waals surface area contributed by atoms with Crippen LogP contribution in [0.3, 0.4) is 0 Å². The number of hydrogen-bond donors (Lipinski definition) is 0. The first-order chi connectivity index (χ1) is 14.0. The average molecular weight is 435 g/mol. The zero-order chi connectivity index (χ0) is 20.4. The minimum absolute atomic E-state index is 0.0863. The summed E-state index contributed by atoms with van der Waals surface area (Å²) in [6.07, 6.45) is 0. The number of amides is 1. The Balaban J connectivity index is 1.72. The molecular formula is C20H22N2O5S2. The van der Waals surface area contributed by atoms with Gasteiger partial charge in [-0.2, -0.15) is 4.31 Å². The van der Waals surface area contributed by atoms with Gasteiger partial charge in [-0.3, -0.25) is 4.79 Å². The lowest BCUT2D eigenvalue weighted by Gasteiger charge is -2.30. The molecule has 0 unspecified atom stereocenters. The van der Waals surface area contributed by atoms with Crippen LogP contribution < -0.4 is 9.64 Å². The number of rotatable bonds is 4. The molecule has 0 saturated carbocycles. The molecule has 1 amide bonds. The fourth-order valence-electron chi connectivity index (χ4n) is 3.48. The largest absolute Gasteiger partial charge is 0.496 e. The van der Waals surface area contributed by atoms with Gasteiger partial charge in [0, 0.05) is 30.3 Å². The van der Waals surface area contributed by atoms with E-state index in [2.05, 4.69) is 0 Å². The summed E-state index contributed by atoms with van der Waals surface area (Å²) >= 11 is 1.70. The van der Waals surface area contributed by atoms with Crippen molar-refractivity contribution in [2.24, 2.45) is 0 Å². The van der Waals surface area contributed by atoms with E-state index < -0.39 is 10.0 Å². The number of fused-ring (bicyclic) bond motifs is 1. The molecule has 9 heteroatoms. The minimum Gasteiger partial charge on any atom is -0.496 e. The number of hydrogen-bond acceptors (Lipinski definition) is 6. The van der Waals surface area contributed by atoms with Crippen LogP contribution in [0.25, 0.3) is 0 Å². The van der Waals surface area contributed by atoms with E-state index in [-0.39, 0.29) is 16.4 Å². The van der Waals surface area contributed by atoms with Crippen LogP contribution in [0.2, 0.25) is 0 Å². The van der Waals surface area contributed by atoms with Gasteiger partial charge < -0.3 is 14.4 Å². The van der Waals surface area contributed by atoms with Gasteiger partial charge in [0.2, 0.25) is 10.0 Å². The predicted octanol–water partition coefficient (Wildman–Crippen LogP) is 2.47. The van der Waals surface area contributed by atoms with Crippen molar-refractivity contribution >= 4 is 33.4 Å². The van der Waals surface area contributed by atoms with Crippen LogP contribution in [0.1, 0.15) is 10.4 Å². The van der Waals surface area contributed by atoms with E-state index in [1.165, 1.54) is 23.5 Å². The Labute approximate surface area is 174 Å². The predicted molar refractivity (Wildman–Crippen MR) is 111 cm³/mol. The summed E-state index contributed by atoms with van der Waals surface area (Å²) in [6.45, 7) is 1.87. The Morgan fingerprint density at radius 2 is 1.86 bits per heavy atom.